The van der Waals surface area contributed by atoms with E-state index in [4.69, 9.17) is 4.74 Å². The fourth-order valence-electron chi connectivity index (χ4n) is 1.96. The predicted octanol–water partition coefficient (Wildman–Crippen LogP) is 1.93. The number of aromatic nitrogens is 2. The maximum atomic E-state index is 12.1. The molecule has 20 heavy (non-hydrogen) atoms. The maximum Gasteiger partial charge on any atom is 0.348 e. The molecule has 0 bridgehead atoms. The fraction of sp³-hybridized carbons (Fsp3) is 0.267. The summed E-state index contributed by atoms with van der Waals surface area (Å²) in [6.45, 7) is 3.72. The Labute approximate surface area is 116 Å². The summed E-state index contributed by atoms with van der Waals surface area (Å²) in [7, 11) is 1.59. The minimum atomic E-state index is -0.466. The molecule has 104 valence electrons. The molecule has 0 aliphatic rings. The molecule has 0 aliphatic carbocycles. The van der Waals surface area contributed by atoms with Gasteiger partial charge in [0, 0.05) is 18.3 Å². The Morgan fingerprint density at radius 3 is 2.55 bits per heavy atom. The van der Waals surface area contributed by atoms with Gasteiger partial charge in [0.15, 0.2) is 0 Å². The second kappa shape index (κ2) is 5.69. The second-order valence-electron chi connectivity index (χ2n) is 4.35. The molecule has 2 aromatic rings. The molecule has 0 fully saturated rings. The van der Waals surface area contributed by atoms with E-state index in [1.807, 2.05) is 30.3 Å². The lowest BCUT2D eigenvalue weighted by atomic mass is 10.0. The molecule has 1 aromatic carbocycles. The van der Waals surface area contributed by atoms with E-state index >= 15 is 0 Å². The first kappa shape index (κ1) is 14.0. The van der Waals surface area contributed by atoms with Gasteiger partial charge in [0.25, 0.3) is 0 Å². The molecule has 0 N–H and O–H groups in total. The summed E-state index contributed by atoms with van der Waals surface area (Å²) in [4.78, 5) is 28.0. The number of rotatable bonds is 3. The summed E-state index contributed by atoms with van der Waals surface area (Å²) in [5, 5.41) is 0. The Hall–Kier alpha value is -2.43. The molecule has 0 amide bonds. The molecule has 0 saturated carbocycles. The van der Waals surface area contributed by atoms with Crippen molar-refractivity contribution < 1.29 is 9.53 Å². The summed E-state index contributed by atoms with van der Waals surface area (Å²) in [5.74, 6) is -0.466. The van der Waals surface area contributed by atoms with Crippen LogP contribution in [-0.2, 0) is 11.8 Å². The van der Waals surface area contributed by atoms with E-state index in [0.717, 1.165) is 5.56 Å². The third kappa shape index (κ3) is 2.47. The van der Waals surface area contributed by atoms with Crippen molar-refractivity contribution in [3.05, 3.63) is 52.1 Å². The summed E-state index contributed by atoms with van der Waals surface area (Å²) in [5.41, 5.74) is 1.57. The van der Waals surface area contributed by atoms with E-state index < -0.39 is 11.7 Å². The Balaban J connectivity index is 2.73. The van der Waals surface area contributed by atoms with Crippen LogP contribution in [0.4, 0.5) is 0 Å². The van der Waals surface area contributed by atoms with Gasteiger partial charge < -0.3 is 4.74 Å². The molecule has 0 saturated heterocycles. The zero-order valence-corrected chi connectivity index (χ0v) is 11.7. The number of carbonyl (C=O) groups is 1. The molecule has 1 aromatic heterocycles. The van der Waals surface area contributed by atoms with Crippen LogP contribution in [0, 0.1) is 6.92 Å². The highest BCUT2D eigenvalue weighted by atomic mass is 16.5. The van der Waals surface area contributed by atoms with Gasteiger partial charge in [0.1, 0.15) is 5.56 Å². The van der Waals surface area contributed by atoms with E-state index in [2.05, 4.69) is 4.98 Å². The monoisotopic (exact) mass is 272 g/mol. The van der Waals surface area contributed by atoms with Gasteiger partial charge in [-0.25, -0.2) is 9.59 Å². The van der Waals surface area contributed by atoms with Gasteiger partial charge in [0.2, 0.25) is 0 Å². The minimum absolute atomic E-state index is 0.273. The zero-order valence-electron chi connectivity index (χ0n) is 11.7. The number of carbonyl (C=O) groups excluding carboxylic acids is 1. The van der Waals surface area contributed by atoms with Crippen molar-refractivity contribution in [2.24, 2.45) is 7.05 Å². The standard InChI is InChI=1S/C15H16N2O3/c1-4-20-14(18)12-10(2)17(3)15(19)16-13(12)11-8-6-5-7-9-11/h5-9H,4H2,1-3H3. The quantitative estimate of drug-likeness (QED) is 0.801. The number of hydrogen-bond donors (Lipinski definition) is 0. The molecule has 2 rings (SSSR count). The summed E-state index contributed by atoms with van der Waals surface area (Å²) < 4.78 is 6.42. The van der Waals surface area contributed by atoms with E-state index in [1.165, 1.54) is 4.57 Å². The topological polar surface area (TPSA) is 61.2 Å². The van der Waals surface area contributed by atoms with Crippen LogP contribution in [0.3, 0.4) is 0 Å². The molecule has 5 nitrogen and oxygen atoms in total. The summed E-state index contributed by atoms with van der Waals surface area (Å²) in [6, 6.07) is 9.15. The maximum absolute atomic E-state index is 12.1. The highest BCUT2D eigenvalue weighted by Gasteiger charge is 2.21. The van der Waals surface area contributed by atoms with Crippen LogP contribution in [0.25, 0.3) is 11.3 Å². The van der Waals surface area contributed by atoms with Crippen molar-refractivity contribution in [1.29, 1.82) is 0 Å². The Bertz CT molecular complexity index is 690. The smallest absolute Gasteiger partial charge is 0.348 e. The lowest BCUT2D eigenvalue weighted by Gasteiger charge is -2.13. The average molecular weight is 272 g/mol. The van der Waals surface area contributed by atoms with Crippen molar-refractivity contribution in [2.75, 3.05) is 6.61 Å². The number of hydrogen-bond acceptors (Lipinski definition) is 4. The number of benzene rings is 1. The van der Waals surface area contributed by atoms with Gasteiger partial charge in [-0.05, 0) is 13.8 Å². The Kier molecular flexibility index (Phi) is 3.98. The third-order valence-electron chi connectivity index (χ3n) is 3.12. The molecule has 0 aliphatic heterocycles. The molecule has 1 heterocycles. The zero-order chi connectivity index (χ0) is 14.7. The van der Waals surface area contributed by atoms with Gasteiger partial charge in [-0.15, -0.1) is 0 Å². The molecule has 0 atom stereocenters. The lowest BCUT2D eigenvalue weighted by Crippen LogP contribution is -2.27. The molecule has 5 heteroatoms. The first-order chi connectivity index (χ1) is 9.56. The number of esters is 1. The van der Waals surface area contributed by atoms with Crippen LogP contribution >= 0.6 is 0 Å². The van der Waals surface area contributed by atoms with Crippen molar-refractivity contribution in [2.45, 2.75) is 13.8 Å². The molecular formula is C15H16N2O3. The minimum Gasteiger partial charge on any atom is -0.462 e. The van der Waals surface area contributed by atoms with Crippen LogP contribution in [0.2, 0.25) is 0 Å². The van der Waals surface area contributed by atoms with Crippen molar-refractivity contribution >= 4 is 5.97 Å². The van der Waals surface area contributed by atoms with E-state index in [-0.39, 0.29) is 6.61 Å². The van der Waals surface area contributed by atoms with Crippen molar-refractivity contribution in [3.8, 4) is 11.3 Å². The van der Waals surface area contributed by atoms with E-state index in [1.54, 1.807) is 20.9 Å². The van der Waals surface area contributed by atoms with Crippen LogP contribution in [0.1, 0.15) is 23.0 Å². The van der Waals surface area contributed by atoms with Crippen molar-refractivity contribution in [3.63, 3.8) is 0 Å². The Morgan fingerprint density at radius 1 is 1.30 bits per heavy atom. The highest BCUT2D eigenvalue weighted by molar-refractivity contribution is 5.97. The summed E-state index contributed by atoms with van der Waals surface area (Å²) >= 11 is 0. The van der Waals surface area contributed by atoms with Gasteiger partial charge in [-0.1, -0.05) is 30.3 Å². The Morgan fingerprint density at radius 2 is 1.95 bits per heavy atom. The largest absolute Gasteiger partial charge is 0.462 e. The van der Waals surface area contributed by atoms with Crippen molar-refractivity contribution in [1.82, 2.24) is 9.55 Å². The number of nitrogens with zero attached hydrogens (tertiary/aromatic N) is 2. The van der Waals surface area contributed by atoms with Gasteiger partial charge in [0.05, 0.1) is 12.3 Å². The number of ether oxygens (including phenoxy) is 1. The normalized spacial score (nSPS) is 10.3. The van der Waals surface area contributed by atoms with E-state index in [9.17, 15) is 9.59 Å². The molecule has 0 unspecified atom stereocenters. The third-order valence-corrected chi connectivity index (χ3v) is 3.12. The second-order valence-corrected chi connectivity index (χ2v) is 4.35. The van der Waals surface area contributed by atoms with Gasteiger partial charge >= 0.3 is 11.7 Å². The first-order valence-electron chi connectivity index (χ1n) is 6.36. The molecule has 0 spiro atoms. The lowest BCUT2D eigenvalue weighted by molar-refractivity contribution is 0.0524. The molecule has 0 radical (unpaired) electrons. The fourth-order valence-corrected chi connectivity index (χ4v) is 1.96. The summed E-state index contributed by atoms with van der Waals surface area (Å²) in [6.07, 6.45) is 0. The van der Waals surface area contributed by atoms with Crippen LogP contribution in [0.5, 0.6) is 0 Å². The predicted molar refractivity (Wildman–Crippen MR) is 75.6 cm³/mol. The van der Waals surface area contributed by atoms with Gasteiger partial charge in [-0.3, -0.25) is 4.57 Å². The highest BCUT2D eigenvalue weighted by Crippen LogP contribution is 2.23. The van der Waals surface area contributed by atoms with Gasteiger partial charge in [-0.2, -0.15) is 4.98 Å². The molecular weight excluding hydrogens is 256 g/mol. The van der Waals surface area contributed by atoms with Crippen LogP contribution < -0.4 is 5.69 Å². The van der Waals surface area contributed by atoms with Crippen LogP contribution in [0.15, 0.2) is 35.1 Å². The van der Waals surface area contributed by atoms with E-state index in [0.29, 0.717) is 17.0 Å². The first-order valence-corrected chi connectivity index (χ1v) is 6.36. The average Bonchev–Trinajstić information content (AvgIpc) is 2.45. The SMILES string of the molecule is CCOC(=O)c1c(-c2ccccc2)nc(=O)n(C)c1C. The van der Waals surface area contributed by atoms with Crippen LogP contribution in [-0.4, -0.2) is 22.1 Å².